The van der Waals surface area contributed by atoms with Crippen molar-refractivity contribution >= 4 is 5.91 Å². The number of hydrogen-bond acceptors (Lipinski definition) is 5. The summed E-state index contributed by atoms with van der Waals surface area (Å²) < 4.78 is 19.6. The average molecular weight is 436 g/mol. The maximum atomic E-state index is 13.9. The second-order valence-corrected chi connectivity index (χ2v) is 7.78. The quantitative estimate of drug-likeness (QED) is 0.639. The van der Waals surface area contributed by atoms with Crippen LogP contribution >= 0.6 is 0 Å². The molecule has 1 saturated heterocycles. The van der Waals surface area contributed by atoms with Gasteiger partial charge in [-0.2, -0.15) is 0 Å². The summed E-state index contributed by atoms with van der Waals surface area (Å²) in [6.45, 7) is 2.87. The van der Waals surface area contributed by atoms with E-state index in [1.54, 1.807) is 23.2 Å². The first-order valence-corrected chi connectivity index (χ1v) is 10.8. The van der Waals surface area contributed by atoms with Crippen LogP contribution in [0.4, 0.5) is 4.39 Å². The number of rotatable bonds is 6. The van der Waals surface area contributed by atoms with Gasteiger partial charge in [-0.05, 0) is 43.5 Å². The number of ether oxygens (including phenoxy) is 1. The number of halogens is 1. The van der Waals surface area contributed by atoms with E-state index < -0.39 is 11.9 Å². The van der Waals surface area contributed by atoms with Crippen molar-refractivity contribution in [2.75, 3.05) is 13.1 Å². The summed E-state index contributed by atoms with van der Waals surface area (Å²) in [6.07, 6.45) is 2.69. The molecular formula is C24H25FN4O3. The van der Waals surface area contributed by atoms with E-state index in [4.69, 9.17) is 4.74 Å². The van der Waals surface area contributed by atoms with E-state index in [-0.39, 0.29) is 23.1 Å². The van der Waals surface area contributed by atoms with Crippen LogP contribution in [0.1, 0.15) is 37.9 Å². The number of carbonyl (C=O) groups excluding carboxylic acids is 1. The molecule has 8 heteroatoms. The average Bonchev–Trinajstić information content (AvgIpc) is 2.83. The number of aromatic nitrogens is 3. The van der Waals surface area contributed by atoms with Gasteiger partial charge in [0.2, 0.25) is 0 Å². The molecule has 1 fully saturated rings. The molecule has 1 aromatic carbocycles. The van der Waals surface area contributed by atoms with Gasteiger partial charge in [0.05, 0.1) is 11.4 Å². The van der Waals surface area contributed by atoms with Crippen molar-refractivity contribution < 1.29 is 13.9 Å². The molecule has 3 aromatic rings. The first-order valence-electron chi connectivity index (χ1n) is 10.8. The van der Waals surface area contributed by atoms with Crippen molar-refractivity contribution in [2.45, 2.75) is 38.2 Å². The summed E-state index contributed by atoms with van der Waals surface area (Å²) in [7, 11) is 0. The molecule has 1 atom stereocenters. The van der Waals surface area contributed by atoms with Gasteiger partial charge in [-0.15, -0.1) is 0 Å². The highest BCUT2D eigenvalue weighted by molar-refractivity contribution is 5.81. The Morgan fingerprint density at radius 1 is 1.19 bits per heavy atom. The minimum Gasteiger partial charge on any atom is -0.478 e. The lowest BCUT2D eigenvalue weighted by Crippen LogP contribution is -2.45. The van der Waals surface area contributed by atoms with Crippen molar-refractivity contribution in [2.24, 2.45) is 0 Å². The largest absolute Gasteiger partial charge is 0.478 e. The van der Waals surface area contributed by atoms with E-state index in [0.717, 1.165) is 0 Å². The SMILES string of the molecule is CC[C@H](Oc1ccccc1F)C(=O)N1CCC(c2nc(-c3ccccn3)cc(=O)[nH]2)CC1. The second-order valence-electron chi connectivity index (χ2n) is 7.78. The molecule has 1 aliphatic heterocycles. The number of aromatic amines is 1. The number of hydrogen-bond donors (Lipinski definition) is 1. The smallest absolute Gasteiger partial charge is 0.263 e. The Balaban J connectivity index is 1.43. The van der Waals surface area contributed by atoms with Gasteiger partial charge in [0.25, 0.3) is 11.5 Å². The first kappa shape index (κ1) is 21.7. The third kappa shape index (κ3) is 4.85. The van der Waals surface area contributed by atoms with Gasteiger partial charge in [-0.25, -0.2) is 9.37 Å². The zero-order chi connectivity index (χ0) is 22.5. The molecule has 0 unspecified atom stereocenters. The van der Waals surface area contributed by atoms with E-state index in [1.807, 2.05) is 25.1 Å². The Labute approximate surface area is 185 Å². The maximum Gasteiger partial charge on any atom is 0.263 e. The highest BCUT2D eigenvalue weighted by Crippen LogP contribution is 2.27. The number of amides is 1. The van der Waals surface area contributed by atoms with Crippen LogP contribution < -0.4 is 10.3 Å². The number of piperidine rings is 1. The lowest BCUT2D eigenvalue weighted by molar-refractivity contribution is -0.140. The number of pyridine rings is 1. The maximum absolute atomic E-state index is 13.9. The van der Waals surface area contributed by atoms with Gasteiger partial charge in [0, 0.05) is 31.3 Å². The van der Waals surface area contributed by atoms with Crippen LogP contribution in [0.25, 0.3) is 11.4 Å². The Morgan fingerprint density at radius 2 is 1.94 bits per heavy atom. The van der Waals surface area contributed by atoms with Crippen LogP contribution in [0.15, 0.2) is 59.5 Å². The topological polar surface area (TPSA) is 88.2 Å². The number of carbonyl (C=O) groups is 1. The summed E-state index contributed by atoms with van der Waals surface area (Å²) in [5.41, 5.74) is 0.953. The Hall–Kier alpha value is -3.55. The van der Waals surface area contributed by atoms with Crippen molar-refractivity contribution in [1.82, 2.24) is 19.9 Å². The van der Waals surface area contributed by atoms with Gasteiger partial charge in [-0.3, -0.25) is 14.6 Å². The zero-order valence-electron chi connectivity index (χ0n) is 17.8. The first-order chi connectivity index (χ1) is 15.5. The summed E-state index contributed by atoms with van der Waals surface area (Å²) in [6, 6.07) is 13.0. The third-order valence-corrected chi connectivity index (χ3v) is 5.63. The van der Waals surface area contributed by atoms with Gasteiger partial charge in [0.1, 0.15) is 5.82 Å². The highest BCUT2D eigenvalue weighted by atomic mass is 19.1. The lowest BCUT2D eigenvalue weighted by atomic mass is 9.95. The number of nitrogens with one attached hydrogen (secondary N) is 1. The van der Waals surface area contributed by atoms with Gasteiger partial charge < -0.3 is 14.6 Å². The number of likely N-dealkylation sites (tertiary alicyclic amines) is 1. The van der Waals surface area contributed by atoms with Crippen LogP contribution in [-0.2, 0) is 4.79 Å². The summed E-state index contributed by atoms with van der Waals surface area (Å²) in [4.78, 5) is 38.7. The van der Waals surface area contributed by atoms with E-state index in [0.29, 0.717) is 49.6 Å². The standard InChI is InChI=1S/C24H25FN4O3/c1-2-20(32-21-9-4-3-7-17(21)25)24(31)29-13-10-16(11-14-29)23-27-19(15-22(30)28-23)18-8-5-6-12-26-18/h3-9,12,15-16,20H,2,10-11,13-14H2,1H3,(H,27,28,30)/t20-/m0/s1. The summed E-state index contributed by atoms with van der Waals surface area (Å²) >= 11 is 0. The molecule has 7 nitrogen and oxygen atoms in total. The van der Waals surface area contributed by atoms with E-state index in [2.05, 4.69) is 15.0 Å². The van der Waals surface area contributed by atoms with Crippen LogP contribution in [0.3, 0.4) is 0 Å². The molecule has 1 amide bonds. The fourth-order valence-electron chi connectivity index (χ4n) is 3.89. The number of nitrogens with zero attached hydrogens (tertiary/aromatic N) is 3. The molecule has 32 heavy (non-hydrogen) atoms. The Kier molecular flexibility index (Phi) is 6.58. The van der Waals surface area contributed by atoms with E-state index in [1.165, 1.54) is 18.2 Å². The minimum atomic E-state index is -0.742. The lowest BCUT2D eigenvalue weighted by Gasteiger charge is -2.33. The van der Waals surface area contributed by atoms with Gasteiger partial charge in [-0.1, -0.05) is 25.1 Å². The third-order valence-electron chi connectivity index (χ3n) is 5.63. The van der Waals surface area contributed by atoms with Crippen LogP contribution in [0.2, 0.25) is 0 Å². The fraction of sp³-hybridized carbons (Fsp3) is 0.333. The molecule has 2 aromatic heterocycles. The zero-order valence-corrected chi connectivity index (χ0v) is 17.8. The molecule has 166 valence electrons. The monoisotopic (exact) mass is 436 g/mol. The van der Waals surface area contributed by atoms with Gasteiger partial charge in [0.15, 0.2) is 17.7 Å². The highest BCUT2D eigenvalue weighted by Gasteiger charge is 2.30. The summed E-state index contributed by atoms with van der Waals surface area (Å²) in [5, 5.41) is 0. The van der Waals surface area contributed by atoms with Crippen LogP contribution in [-0.4, -0.2) is 45.0 Å². The number of benzene rings is 1. The molecule has 0 bridgehead atoms. The van der Waals surface area contributed by atoms with Gasteiger partial charge >= 0.3 is 0 Å². The molecular weight excluding hydrogens is 411 g/mol. The predicted molar refractivity (Wildman–Crippen MR) is 118 cm³/mol. The predicted octanol–water partition coefficient (Wildman–Crippen LogP) is 3.53. The molecule has 3 heterocycles. The van der Waals surface area contributed by atoms with Crippen molar-refractivity contribution in [3.8, 4) is 17.1 Å². The molecule has 1 aliphatic rings. The van der Waals surface area contributed by atoms with Crippen LogP contribution in [0.5, 0.6) is 5.75 Å². The number of para-hydroxylation sites is 1. The van der Waals surface area contributed by atoms with Crippen molar-refractivity contribution in [3.63, 3.8) is 0 Å². The van der Waals surface area contributed by atoms with Crippen LogP contribution in [0, 0.1) is 5.82 Å². The Morgan fingerprint density at radius 3 is 2.62 bits per heavy atom. The second kappa shape index (κ2) is 9.72. The molecule has 1 N–H and O–H groups in total. The minimum absolute atomic E-state index is 0.0305. The van der Waals surface area contributed by atoms with E-state index >= 15 is 0 Å². The molecule has 4 rings (SSSR count). The Bertz CT molecular complexity index is 1130. The van der Waals surface area contributed by atoms with Crippen molar-refractivity contribution in [1.29, 1.82) is 0 Å². The molecule has 0 saturated carbocycles. The fourth-order valence-corrected chi connectivity index (χ4v) is 3.89. The number of H-pyrrole nitrogens is 1. The summed E-state index contributed by atoms with van der Waals surface area (Å²) in [5.74, 6) is 0.0803. The normalized spacial score (nSPS) is 15.4. The van der Waals surface area contributed by atoms with E-state index in [9.17, 15) is 14.0 Å². The molecule has 0 spiro atoms. The molecule has 0 aliphatic carbocycles. The molecule has 0 radical (unpaired) electrons. The van der Waals surface area contributed by atoms with Crippen molar-refractivity contribution in [3.05, 3.63) is 76.7 Å².